The van der Waals surface area contributed by atoms with Crippen LogP contribution in [-0.4, -0.2) is 12.6 Å². The zero-order valence-electron chi connectivity index (χ0n) is 14.3. The molecule has 0 amide bonds. The molecule has 0 bridgehead atoms. The molecule has 0 radical (unpaired) electrons. The Balaban J connectivity index is 2.10. The molecule has 5 atom stereocenters. The van der Waals surface area contributed by atoms with Crippen LogP contribution in [0.2, 0.25) is 0 Å². The van der Waals surface area contributed by atoms with Crippen molar-refractivity contribution in [3.8, 4) is 0 Å². The number of benzene rings is 1. The Hall–Kier alpha value is -0.820. The molecule has 0 aliphatic heterocycles. The first-order valence-corrected chi connectivity index (χ1v) is 8.91. The van der Waals surface area contributed by atoms with E-state index in [0.29, 0.717) is 12.0 Å². The van der Waals surface area contributed by atoms with Crippen molar-refractivity contribution in [3.05, 3.63) is 35.9 Å². The molecular formula is C20H33N. The first-order valence-electron chi connectivity index (χ1n) is 8.91. The molecule has 1 nitrogen and oxygen atoms in total. The zero-order chi connectivity index (χ0) is 15.2. The van der Waals surface area contributed by atoms with Gasteiger partial charge in [-0.1, -0.05) is 64.4 Å². The van der Waals surface area contributed by atoms with Crippen molar-refractivity contribution in [1.29, 1.82) is 0 Å². The minimum absolute atomic E-state index is 0.600. The van der Waals surface area contributed by atoms with Crippen molar-refractivity contribution in [2.75, 3.05) is 6.54 Å². The third-order valence-corrected chi connectivity index (χ3v) is 5.64. The van der Waals surface area contributed by atoms with Gasteiger partial charge in [0.2, 0.25) is 0 Å². The summed E-state index contributed by atoms with van der Waals surface area (Å²) >= 11 is 0. The van der Waals surface area contributed by atoms with Crippen molar-refractivity contribution in [1.82, 2.24) is 5.32 Å². The summed E-state index contributed by atoms with van der Waals surface area (Å²) in [7, 11) is 0. The number of hydrogen-bond donors (Lipinski definition) is 1. The summed E-state index contributed by atoms with van der Waals surface area (Å²) in [6.07, 6.45) is 5.40. The molecule has 118 valence electrons. The number of rotatable bonds is 6. The largest absolute Gasteiger partial charge is 0.313 e. The highest BCUT2D eigenvalue weighted by molar-refractivity contribution is 5.21. The molecule has 1 N–H and O–H groups in total. The molecule has 1 aromatic carbocycles. The lowest BCUT2D eigenvalue weighted by Crippen LogP contribution is -2.43. The van der Waals surface area contributed by atoms with Gasteiger partial charge >= 0.3 is 0 Å². The van der Waals surface area contributed by atoms with Crippen LogP contribution in [0.5, 0.6) is 0 Å². The maximum absolute atomic E-state index is 3.87. The van der Waals surface area contributed by atoms with Gasteiger partial charge < -0.3 is 5.32 Å². The van der Waals surface area contributed by atoms with E-state index in [1.165, 1.54) is 31.2 Å². The molecule has 1 heteroatoms. The molecule has 1 aromatic rings. The molecule has 0 heterocycles. The predicted molar refractivity (Wildman–Crippen MR) is 92.6 cm³/mol. The lowest BCUT2D eigenvalue weighted by molar-refractivity contribution is 0.160. The number of hydrogen-bond acceptors (Lipinski definition) is 1. The van der Waals surface area contributed by atoms with E-state index >= 15 is 0 Å². The summed E-state index contributed by atoms with van der Waals surface area (Å²) in [6, 6.07) is 11.7. The van der Waals surface area contributed by atoms with Crippen LogP contribution in [0.1, 0.15) is 64.9 Å². The monoisotopic (exact) mass is 287 g/mol. The van der Waals surface area contributed by atoms with Crippen molar-refractivity contribution in [2.24, 2.45) is 17.8 Å². The van der Waals surface area contributed by atoms with Crippen molar-refractivity contribution >= 4 is 0 Å². The van der Waals surface area contributed by atoms with Gasteiger partial charge in [-0.05, 0) is 55.0 Å². The predicted octanol–water partition coefficient (Wildman–Crippen LogP) is 5.23. The van der Waals surface area contributed by atoms with Crippen molar-refractivity contribution in [3.63, 3.8) is 0 Å². The summed E-state index contributed by atoms with van der Waals surface area (Å²) in [5, 5.41) is 3.87. The maximum atomic E-state index is 3.87. The Kier molecular flexibility index (Phi) is 6.29. The smallest absolute Gasteiger partial charge is 0.0161 e. The van der Waals surface area contributed by atoms with Crippen LogP contribution in [0.15, 0.2) is 30.3 Å². The highest BCUT2D eigenvalue weighted by Gasteiger charge is 2.32. The molecular weight excluding hydrogens is 254 g/mol. The van der Waals surface area contributed by atoms with Crippen LogP contribution in [0.25, 0.3) is 0 Å². The van der Waals surface area contributed by atoms with Crippen LogP contribution in [0.4, 0.5) is 0 Å². The molecule has 1 aliphatic rings. The SMILES string of the molecule is CCCNC(C1CCC(C)C(C)C1)C(C)c1ccccc1. The van der Waals surface area contributed by atoms with Gasteiger partial charge in [-0.15, -0.1) is 0 Å². The molecule has 0 spiro atoms. The first-order chi connectivity index (χ1) is 10.1. The van der Waals surface area contributed by atoms with E-state index in [0.717, 1.165) is 24.3 Å². The molecule has 0 aromatic heterocycles. The van der Waals surface area contributed by atoms with E-state index < -0.39 is 0 Å². The fourth-order valence-corrected chi connectivity index (χ4v) is 3.94. The second-order valence-corrected chi connectivity index (χ2v) is 7.21. The molecule has 5 unspecified atom stereocenters. The summed E-state index contributed by atoms with van der Waals surface area (Å²) < 4.78 is 0. The summed E-state index contributed by atoms with van der Waals surface area (Å²) in [5.74, 6) is 3.21. The van der Waals surface area contributed by atoms with Gasteiger partial charge in [0, 0.05) is 6.04 Å². The second kappa shape index (κ2) is 7.98. The minimum atomic E-state index is 0.600. The molecule has 1 fully saturated rings. The Bertz CT molecular complexity index is 400. The lowest BCUT2D eigenvalue weighted by Gasteiger charge is -2.40. The van der Waals surface area contributed by atoms with Gasteiger partial charge in [-0.3, -0.25) is 0 Å². The Labute approximate surface area is 131 Å². The topological polar surface area (TPSA) is 12.0 Å². The van der Waals surface area contributed by atoms with E-state index in [1.54, 1.807) is 0 Å². The van der Waals surface area contributed by atoms with Crippen LogP contribution in [0.3, 0.4) is 0 Å². The molecule has 21 heavy (non-hydrogen) atoms. The first kappa shape index (κ1) is 16.5. The normalized spacial score (nSPS) is 29.0. The van der Waals surface area contributed by atoms with Gasteiger partial charge in [-0.25, -0.2) is 0 Å². The molecule has 1 aliphatic carbocycles. The van der Waals surface area contributed by atoms with Gasteiger partial charge in [0.25, 0.3) is 0 Å². The van der Waals surface area contributed by atoms with Crippen LogP contribution in [0, 0.1) is 17.8 Å². The average molecular weight is 287 g/mol. The van der Waals surface area contributed by atoms with Crippen LogP contribution < -0.4 is 5.32 Å². The quantitative estimate of drug-likeness (QED) is 0.755. The van der Waals surface area contributed by atoms with E-state index in [2.05, 4.69) is 63.3 Å². The van der Waals surface area contributed by atoms with Gasteiger partial charge in [0.15, 0.2) is 0 Å². The second-order valence-electron chi connectivity index (χ2n) is 7.21. The van der Waals surface area contributed by atoms with Gasteiger partial charge in [-0.2, -0.15) is 0 Å². The molecule has 1 saturated carbocycles. The van der Waals surface area contributed by atoms with E-state index in [9.17, 15) is 0 Å². The Morgan fingerprint density at radius 1 is 1.10 bits per heavy atom. The van der Waals surface area contributed by atoms with Crippen LogP contribution >= 0.6 is 0 Å². The summed E-state index contributed by atoms with van der Waals surface area (Å²) in [5.41, 5.74) is 1.48. The Morgan fingerprint density at radius 3 is 2.43 bits per heavy atom. The summed E-state index contributed by atoms with van der Waals surface area (Å²) in [4.78, 5) is 0. The number of nitrogens with one attached hydrogen (secondary N) is 1. The fraction of sp³-hybridized carbons (Fsp3) is 0.700. The van der Waals surface area contributed by atoms with Crippen molar-refractivity contribution < 1.29 is 0 Å². The fourth-order valence-electron chi connectivity index (χ4n) is 3.94. The standard InChI is InChI=1S/C20H33N/c1-5-13-21-20(17(4)18-9-7-6-8-10-18)19-12-11-15(2)16(3)14-19/h6-10,15-17,19-21H,5,11-14H2,1-4H3. The Morgan fingerprint density at radius 2 is 1.81 bits per heavy atom. The zero-order valence-corrected chi connectivity index (χ0v) is 14.3. The van der Waals surface area contributed by atoms with E-state index in [1.807, 2.05) is 0 Å². The third kappa shape index (κ3) is 4.32. The maximum Gasteiger partial charge on any atom is 0.0161 e. The lowest BCUT2D eigenvalue weighted by atomic mass is 9.70. The van der Waals surface area contributed by atoms with E-state index in [-0.39, 0.29) is 0 Å². The molecule has 0 saturated heterocycles. The third-order valence-electron chi connectivity index (χ3n) is 5.64. The average Bonchev–Trinajstić information content (AvgIpc) is 2.51. The van der Waals surface area contributed by atoms with Crippen LogP contribution in [-0.2, 0) is 0 Å². The van der Waals surface area contributed by atoms with Gasteiger partial charge in [0.05, 0.1) is 0 Å². The van der Waals surface area contributed by atoms with Gasteiger partial charge in [0.1, 0.15) is 0 Å². The molecule has 2 rings (SSSR count). The van der Waals surface area contributed by atoms with E-state index in [4.69, 9.17) is 0 Å². The summed E-state index contributed by atoms with van der Waals surface area (Å²) in [6.45, 7) is 10.7. The highest BCUT2D eigenvalue weighted by atomic mass is 14.9. The van der Waals surface area contributed by atoms with Crippen molar-refractivity contribution in [2.45, 2.75) is 65.3 Å². The highest BCUT2D eigenvalue weighted by Crippen LogP contribution is 2.38. The minimum Gasteiger partial charge on any atom is -0.313 e.